The molecule has 0 aromatic heterocycles. The molecule has 2 N–H and O–H groups in total. The van der Waals surface area contributed by atoms with E-state index in [1.165, 1.54) is 0 Å². The van der Waals surface area contributed by atoms with Crippen LogP contribution in [0.25, 0.3) is 0 Å². The largest absolute Gasteiger partial charge is 0.326 e. The number of nitrogens with one attached hydrogen (secondary N) is 2. The summed E-state index contributed by atoms with van der Waals surface area (Å²) in [5.41, 5.74) is 2.63. The first-order chi connectivity index (χ1) is 9.65. The fourth-order valence-electron chi connectivity index (χ4n) is 2.84. The minimum atomic E-state index is 0.00276. The third-order valence-electron chi connectivity index (χ3n) is 4.46. The Kier molecular flexibility index (Phi) is 3.57. The number of carbonyl (C=O) groups is 2. The van der Waals surface area contributed by atoms with Crippen molar-refractivity contribution in [2.24, 2.45) is 11.8 Å². The number of fused-ring (bicyclic) bond motifs is 1. The van der Waals surface area contributed by atoms with Crippen molar-refractivity contribution >= 4 is 17.4 Å². The topological polar surface area (TPSA) is 58.2 Å². The van der Waals surface area contributed by atoms with Gasteiger partial charge in [0.15, 0.2) is 5.78 Å². The lowest BCUT2D eigenvalue weighted by Crippen LogP contribution is -2.48. The minimum Gasteiger partial charge on any atom is -0.326 e. The predicted octanol–water partition coefficient (Wildman–Crippen LogP) is 2.00. The van der Waals surface area contributed by atoms with Gasteiger partial charge in [0, 0.05) is 23.6 Å². The van der Waals surface area contributed by atoms with E-state index >= 15 is 0 Å². The summed E-state index contributed by atoms with van der Waals surface area (Å²) in [5.74, 6) is 0.663. The molecule has 0 saturated carbocycles. The zero-order valence-electron chi connectivity index (χ0n) is 11.7. The second kappa shape index (κ2) is 5.37. The summed E-state index contributed by atoms with van der Waals surface area (Å²) in [6.45, 7) is 3.79. The number of Topliss-reactive ketones (excluding diaryl/α,β-unsaturated/α-hetero) is 1. The van der Waals surface area contributed by atoms with E-state index in [1.807, 2.05) is 25.1 Å². The third kappa shape index (κ3) is 2.48. The van der Waals surface area contributed by atoms with Crippen LogP contribution in [0.4, 0.5) is 5.69 Å². The van der Waals surface area contributed by atoms with Gasteiger partial charge in [0.05, 0.1) is 0 Å². The fraction of sp³-hybridized carbons (Fsp3) is 0.500. The van der Waals surface area contributed by atoms with Gasteiger partial charge in [0.2, 0.25) is 5.91 Å². The van der Waals surface area contributed by atoms with E-state index in [0.29, 0.717) is 12.3 Å². The number of benzene rings is 1. The molecule has 1 saturated heterocycles. The van der Waals surface area contributed by atoms with E-state index in [0.717, 1.165) is 42.7 Å². The van der Waals surface area contributed by atoms with Crippen molar-refractivity contribution in [3.63, 3.8) is 0 Å². The lowest BCUT2D eigenvalue weighted by Gasteiger charge is -2.31. The molecule has 2 aliphatic rings. The van der Waals surface area contributed by atoms with Gasteiger partial charge >= 0.3 is 0 Å². The molecule has 1 aromatic carbocycles. The van der Waals surface area contributed by atoms with Crippen LogP contribution in [-0.2, 0) is 11.2 Å². The van der Waals surface area contributed by atoms with E-state index in [9.17, 15) is 9.59 Å². The SMILES string of the molecule is CC(C(=O)Nc1ccc2c(c1)C(=O)CCC2)C1CNC1. The summed E-state index contributed by atoms with van der Waals surface area (Å²) in [4.78, 5) is 24.1. The second-order valence-electron chi connectivity index (χ2n) is 5.84. The first-order valence-corrected chi connectivity index (χ1v) is 7.33. The summed E-state index contributed by atoms with van der Waals surface area (Å²) in [6.07, 6.45) is 2.51. The van der Waals surface area contributed by atoms with Crippen LogP contribution in [0.1, 0.15) is 35.7 Å². The van der Waals surface area contributed by atoms with E-state index in [4.69, 9.17) is 0 Å². The number of anilines is 1. The van der Waals surface area contributed by atoms with Crippen LogP contribution in [0.3, 0.4) is 0 Å². The Morgan fingerprint density at radius 2 is 2.15 bits per heavy atom. The molecule has 1 atom stereocenters. The van der Waals surface area contributed by atoms with Gasteiger partial charge in [0.25, 0.3) is 0 Å². The van der Waals surface area contributed by atoms with Gasteiger partial charge in [-0.25, -0.2) is 0 Å². The van der Waals surface area contributed by atoms with Gasteiger partial charge < -0.3 is 10.6 Å². The van der Waals surface area contributed by atoms with Crippen molar-refractivity contribution in [2.75, 3.05) is 18.4 Å². The zero-order chi connectivity index (χ0) is 14.1. The normalized spacial score (nSPS) is 19.9. The number of hydrogen-bond donors (Lipinski definition) is 2. The number of aryl methyl sites for hydroxylation is 1. The number of hydrogen-bond acceptors (Lipinski definition) is 3. The van der Waals surface area contributed by atoms with Gasteiger partial charge in [-0.2, -0.15) is 0 Å². The Morgan fingerprint density at radius 1 is 1.35 bits per heavy atom. The molecular formula is C16H20N2O2. The van der Waals surface area contributed by atoms with Crippen LogP contribution in [0.5, 0.6) is 0 Å². The van der Waals surface area contributed by atoms with Gasteiger partial charge in [-0.3, -0.25) is 9.59 Å². The van der Waals surface area contributed by atoms with Crippen LogP contribution < -0.4 is 10.6 Å². The second-order valence-corrected chi connectivity index (χ2v) is 5.84. The summed E-state index contributed by atoms with van der Waals surface area (Å²) >= 11 is 0. The van der Waals surface area contributed by atoms with Crippen LogP contribution in [0.15, 0.2) is 18.2 Å². The molecule has 1 unspecified atom stereocenters. The highest BCUT2D eigenvalue weighted by atomic mass is 16.2. The molecular weight excluding hydrogens is 252 g/mol. The van der Waals surface area contributed by atoms with E-state index in [1.54, 1.807) is 0 Å². The quantitative estimate of drug-likeness (QED) is 0.885. The van der Waals surface area contributed by atoms with Crippen molar-refractivity contribution in [2.45, 2.75) is 26.2 Å². The van der Waals surface area contributed by atoms with Gasteiger partial charge in [-0.05, 0) is 49.5 Å². The Labute approximate surface area is 118 Å². The first-order valence-electron chi connectivity index (χ1n) is 7.33. The van der Waals surface area contributed by atoms with Crippen molar-refractivity contribution < 1.29 is 9.59 Å². The summed E-state index contributed by atoms with van der Waals surface area (Å²) in [6, 6.07) is 5.71. The molecule has 1 amide bonds. The highest BCUT2D eigenvalue weighted by Crippen LogP contribution is 2.25. The molecule has 0 spiro atoms. The molecule has 1 heterocycles. The molecule has 3 rings (SSSR count). The molecule has 1 aliphatic heterocycles. The van der Waals surface area contributed by atoms with Gasteiger partial charge in [-0.1, -0.05) is 13.0 Å². The average Bonchev–Trinajstić information content (AvgIpc) is 2.37. The summed E-state index contributed by atoms with van der Waals surface area (Å²) < 4.78 is 0. The molecule has 1 fully saturated rings. The van der Waals surface area contributed by atoms with Crippen molar-refractivity contribution in [1.82, 2.24) is 5.32 Å². The average molecular weight is 272 g/mol. The van der Waals surface area contributed by atoms with Gasteiger partial charge in [0.1, 0.15) is 0 Å². The lowest BCUT2D eigenvalue weighted by atomic mass is 9.88. The highest BCUT2D eigenvalue weighted by Gasteiger charge is 2.28. The maximum absolute atomic E-state index is 12.2. The standard InChI is InChI=1S/C16H20N2O2/c1-10(12-8-17-9-12)16(20)18-13-6-5-11-3-2-4-15(19)14(11)7-13/h5-7,10,12,17H,2-4,8-9H2,1H3,(H,18,20). The Bertz CT molecular complexity index is 549. The van der Waals surface area contributed by atoms with Crippen molar-refractivity contribution in [3.05, 3.63) is 29.3 Å². The van der Waals surface area contributed by atoms with Crippen LogP contribution >= 0.6 is 0 Å². The molecule has 4 heteroatoms. The Balaban J connectivity index is 1.72. The molecule has 1 aliphatic carbocycles. The predicted molar refractivity (Wildman–Crippen MR) is 77.9 cm³/mol. The fourth-order valence-corrected chi connectivity index (χ4v) is 2.84. The summed E-state index contributed by atoms with van der Waals surface area (Å²) in [5, 5.41) is 6.13. The molecule has 4 nitrogen and oxygen atoms in total. The third-order valence-corrected chi connectivity index (χ3v) is 4.46. The maximum Gasteiger partial charge on any atom is 0.227 e. The van der Waals surface area contributed by atoms with Gasteiger partial charge in [-0.15, -0.1) is 0 Å². The smallest absolute Gasteiger partial charge is 0.227 e. The van der Waals surface area contributed by atoms with Crippen LogP contribution in [-0.4, -0.2) is 24.8 Å². The number of ketones is 1. The zero-order valence-corrected chi connectivity index (χ0v) is 11.7. The minimum absolute atomic E-state index is 0.00276. The van der Waals surface area contributed by atoms with E-state index in [-0.39, 0.29) is 17.6 Å². The lowest BCUT2D eigenvalue weighted by molar-refractivity contribution is -0.121. The monoisotopic (exact) mass is 272 g/mol. The maximum atomic E-state index is 12.2. The Morgan fingerprint density at radius 3 is 2.85 bits per heavy atom. The molecule has 0 bridgehead atoms. The number of carbonyl (C=O) groups excluding carboxylic acids is 2. The van der Waals surface area contributed by atoms with Crippen molar-refractivity contribution in [3.8, 4) is 0 Å². The molecule has 1 aromatic rings. The molecule has 106 valence electrons. The van der Waals surface area contributed by atoms with Crippen molar-refractivity contribution in [1.29, 1.82) is 0 Å². The van der Waals surface area contributed by atoms with E-state index in [2.05, 4.69) is 10.6 Å². The summed E-state index contributed by atoms with van der Waals surface area (Å²) in [7, 11) is 0. The Hall–Kier alpha value is -1.68. The molecule has 0 radical (unpaired) electrons. The number of amides is 1. The molecule has 20 heavy (non-hydrogen) atoms. The van der Waals surface area contributed by atoms with Crippen LogP contribution in [0.2, 0.25) is 0 Å². The first kappa shape index (κ1) is 13.3. The van der Waals surface area contributed by atoms with Crippen LogP contribution in [0, 0.1) is 11.8 Å². The van der Waals surface area contributed by atoms with E-state index < -0.39 is 0 Å². The highest BCUT2D eigenvalue weighted by molar-refractivity contribution is 6.00. The number of rotatable bonds is 3.